The Bertz CT molecular complexity index is 319. The first kappa shape index (κ1) is 13.9. The molecule has 0 aromatic rings. The van der Waals surface area contributed by atoms with E-state index in [1.54, 1.807) is 4.90 Å². The Balaban J connectivity index is 2.43. The lowest BCUT2D eigenvalue weighted by atomic mass is 9.84. The number of carbonyl (C=O) groups excluding carboxylic acids is 2. The summed E-state index contributed by atoms with van der Waals surface area (Å²) in [5.74, 6) is -1.35. The molecule has 6 heteroatoms. The molecule has 1 fully saturated rings. The lowest BCUT2D eigenvalue weighted by Gasteiger charge is -2.22. The zero-order valence-corrected chi connectivity index (χ0v) is 10.3. The molecule has 1 aliphatic rings. The van der Waals surface area contributed by atoms with Crippen LogP contribution in [0, 0.1) is 11.3 Å². The number of rotatable bonds is 3. The summed E-state index contributed by atoms with van der Waals surface area (Å²) >= 11 is 0. The molecule has 1 N–H and O–H groups in total. The van der Waals surface area contributed by atoms with Crippen LogP contribution in [0.15, 0.2) is 0 Å². The van der Waals surface area contributed by atoms with E-state index >= 15 is 0 Å². The molecule has 0 bridgehead atoms. The van der Waals surface area contributed by atoms with E-state index in [0.29, 0.717) is 19.0 Å². The highest BCUT2D eigenvalue weighted by Gasteiger charge is 2.38. The van der Waals surface area contributed by atoms with Gasteiger partial charge in [-0.1, -0.05) is 20.8 Å². The van der Waals surface area contributed by atoms with Gasteiger partial charge >= 0.3 is 6.43 Å². The largest absolute Gasteiger partial charge is 0.342 e. The van der Waals surface area contributed by atoms with Gasteiger partial charge in [0, 0.05) is 13.1 Å². The third kappa shape index (κ3) is 3.38. The SMILES string of the molecule is C[C@H]1CN(C(=O)CNC(=O)C(F)F)CC1(C)C. The standard InChI is InChI=1S/C11H18F2N2O2/c1-7-5-15(6-11(7,2)3)8(16)4-14-10(17)9(12)13/h7,9H,4-6H2,1-3H3,(H,14,17)/t7-/m0/s1. The number of amides is 2. The molecule has 0 aliphatic carbocycles. The van der Waals surface area contributed by atoms with Crippen molar-refractivity contribution < 1.29 is 18.4 Å². The van der Waals surface area contributed by atoms with E-state index in [4.69, 9.17) is 0 Å². The summed E-state index contributed by atoms with van der Waals surface area (Å²) in [4.78, 5) is 23.9. The molecule has 4 nitrogen and oxygen atoms in total. The Hall–Kier alpha value is -1.20. The van der Waals surface area contributed by atoms with Crippen LogP contribution in [0.2, 0.25) is 0 Å². The predicted octanol–water partition coefficient (Wildman–Crippen LogP) is 0.872. The monoisotopic (exact) mass is 248 g/mol. The van der Waals surface area contributed by atoms with Crippen LogP contribution in [-0.4, -0.2) is 42.8 Å². The fourth-order valence-electron chi connectivity index (χ4n) is 1.83. The van der Waals surface area contributed by atoms with Crippen LogP contribution >= 0.6 is 0 Å². The number of halogens is 2. The second kappa shape index (κ2) is 4.98. The third-order valence-corrected chi connectivity index (χ3v) is 3.39. The summed E-state index contributed by atoms with van der Waals surface area (Å²) in [5.41, 5.74) is 0.0301. The highest BCUT2D eigenvalue weighted by atomic mass is 19.3. The number of alkyl halides is 2. The quantitative estimate of drug-likeness (QED) is 0.805. The number of hydrogen-bond donors (Lipinski definition) is 1. The van der Waals surface area contributed by atoms with Gasteiger partial charge < -0.3 is 10.2 Å². The number of hydrogen-bond acceptors (Lipinski definition) is 2. The average Bonchev–Trinajstić information content (AvgIpc) is 2.49. The summed E-state index contributed by atoms with van der Waals surface area (Å²) in [6.07, 6.45) is -3.07. The van der Waals surface area contributed by atoms with Crippen molar-refractivity contribution in [3.05, 3.63) is 0 Å². The van der Waals surface area contributed by atoms with Gasteiger partial charge in [0.1, 0.15) is 0 Å². The van der Waals surface area contributed by atoms with Gasteiger partial charge in [0.05, 0.1) is 6.54 Å². The molecule has 1 heterocycles. The van der Waals surface area contributed by atoms with Gasteiger partial charge in [-0.15, -0.1) is 0 Å². The van der Waals surface area contributed by atoms with Gasteiger partial charge in [-0.2, -0.15) is 8.78 Å². The molecule has 0 saturated carbocycles. The Kier molecular flexibility index (Phi) is 4.06. The topological polar surface area (TPSA) is 49.4 Å². The van der Waals surface area contributed by atoms with E-state index in [1.165, 1.54) is 0 Å². The van der Waals surface area contributed by atoms with Crippen LogP contribution in [0.4, 0.5) is 8.78 Å². The fraction of sp³-hybridized carbons (Fsp3) is 0.818. The Morgan fingerprint density at radius 2 is 2.06 bits per heavy atom. The average molecular weight is 248 g/mol. The molecular weight excluding hydrogens is 230 g/mol. The lowest BCUT2D eigenvalue weighted by molar-refractivity contribution is -0.136. The van der Waals surface area contributed by atoms with E-state index in [-0.39, 0.29) is 17.9 Å². The van der Waals surface area contributed by atoms with Crippen molar-refractivity contribution in [3.63, 3.8) is 0 Å². The number of nitrogens with zero attached hydrogens (tertiary/aromatic N) is 1. The first-order valence-corrected chi connectivity index (χ1v) is 5.57. The van der Waals surface area contributed by atoms with Crippen molar-refractivity contribution in [1.29, 1.82) is 0 Å². The van der Waals surface area contributed by atoms with Crippen LogP contribution in [0.1, 0.15) is 20.8 Å². The van der Waals surface area contributed by atoms with E-state index in [1.807, 2.05) is 12.2 Å². The number of carbonyl (C=O) groups is 2. The summed E-state index contributed by atoms with van der Waals surface area (Å²) in [5, 5.41) is 1.92. The number of likely N-dealkylation sites (tertiary alicyclic amines) is 1. The maximum Gasteiger partial charge on any atom is 0.315 e. The first-order chi connectivity index (χ1) is 7.74. The van der Waals surface area contributed by atoms with Crippen molar-refractivity contribution in [1.82, 2.24) is 10.2 Å². The van der Waals surface area contributed by atoms with Crippen LogP contribution in [0.5, 0.6) is 0 Å². The second-order valence-corrected chi connectivity index (χ2v) is 5.18. The Labute approximate surface area is 99.3 Å². The molecule has 1 aliphatic heterocycles. The molecule has 98 valence electrons. The van der Waals surface area contributed by atoms with Crippen LogP contribution in [0.3, 0.4) is 0 Å². The minimum Gasteiger partial charge on any atom is -0.342 e. The third-order valence-electron chi connectivity index (χ3n) is 3.39. The Morgan fingerprint density at radius 1 is 1.47 bits per heavy atom. The zero-order valence-electron chi connectivity index (χ0n) is 10.3. The van der Waals surface area contributed by atoms with E-state index in [0.717, 1.165) is 0 Å². The molecule has 1 rings (SSSR count). The van der Waals surface area contributed by atoms with Gasteiger partial charge in [-0.25, -0.2) is 0 Å². The Morgan fingerprint density at radius 3 is 2.47 bits per heavy atom. The molecule has 0 spiro atoms. The molecule has 0 aromatic heterocycles. The molecule has 0 aromatic carbocycles. The van der Waals surface area contributed by atoms with Crippen molar-refractivity contribution in [2.45, 2.75) is 27.2 Å². The highest BCUT2D eigenvalue weighted by molar-refractivity contribution is 5.86. The minimum absolute atomic E-state index is 0.0301. The van der Waals surface area contributed by atoms with Gasteiger partial charge in [-0.3, -0.25) is 9.59 Å². The van der Waals surface area contributed by atoms with Gasteiger partial charge in [0.2, 0.25) is 5.91 Å². The van der Waals surface area contributed by atoms with Gasteiger partial charge in [-0.05, 0) is 11.3 Å². The fourth-order valence-corrected chi connectivity index (χ4v) is 1.83. The van der Waals surface area contributed by atoms with Crippen molar-refractivity contribution >= 4 is 11.8 Å². The number of nitrogens with one attached hydrogen (secondary N) is 1. The second-order valence-electron chi connectivity index (χ2n) is 5.18. The molecule has 1 atom stereocenters. The van der Waals surface area contributed by atoms with Crippen molar-refractivity contribution in [3.8, 4) is 0 Å². The zero-order chi connectivity index (χ0) is 13.2. The summed E-state index contributed by atoms with van der Waals surface area (Å²) in [7, 11) is 0. The van der Waals surface area contributed by atoms with E-state index in [9.17, 15) is 18.4 Å². The normalized spacial score (nSPS) is 22.9. The first-order valence-electron chi connectivity index (χ1n) is 5.57. The summed E-state index contributed by atoms with van der Waals surface area (Å²) in [6, 6.07) is 0. The molecular formula is C11H18F2N2O2. The molecule has 2 amide bonds. The summed E-state index contributed by atoms with van der Waals surface area (Å²) in [6.45, 7) is 7.01. The predicted molar refractivity (Wildman–Crippen MR) is 58.5 cm³/mol. The smallest absolute Gasteiger partial charge is 0.315 e. The maximum atomic E-state index is 11.9. The van der Waals surface area contributed by atoms with Crippen molar-refractivity contribution in [2.75, 3.05) is 19.6 Å². The summed E-state index contributed by atoms with van der Waals surface area (Å²) < 4.78 is 23.8. The van der Waals surface area contributed by atoms with E-state index < -0.39 is 12.3 Å². The van der Waals surface area contributed by atoms with Gasteiger partial charge in [0.15, 0.2) is 0 Å². The molecule has 0 unspecified atom stereocenters. The van der Waals surface area contributed by atoms with Crippen LogP contribution < -0.4 is 5.32 Å². The van der Waals surface area contributed by atoms with Gasteiger partial charge in [0.25, 0.3) is 5.91 Å². The molecule has 17 heavy (non-hydrogen) atoms. The van der Waals surface area contributed by atoms with E-state index in [2.05, 4.69) is 13.8 Å². The maximum absolute atomic E-state index is 11.9. The lowest BCUT2D eigenvalue weighted by Crippen LogP contribution is -2.41. The molecule has 0 radical (unpaired) electrons. The van der Waals surface area contributed by atoms with Crippen LogP contribution in [0.25, 0.3) is 0 Å². The minimum atomic E-state index is -3.07. The van der Waals surface area contributed by atoms with Crippen molar-refractivity contribution in [2.24, 2.45) is 11.3 Å². The highest BCUT2D eigenvalue weighted by Crippen LogP contribution is 2.34. The van der Waals surface area contributed by atoms with Crippen LogP contribution in [-0.2, 0) is 9.59 Å². The molecule has 1 saturated heterocycles.